The fraction of sp³-hybridized carbons (Fsp3) is 0.238. The van der Waals surface area contributed by atoms with Crippen LogP contribution in [0.2, 0.25) is 0 Å². The number of sulfonamides is 1. The Labute approximate surface area is 182 Å². The van der Waals surface area contributed by atoms with Crippen molar-refractivity contribution < 1.29 is 26.4 Å². The Morgan fingerprint density at radius 3 is 2.31 bits per heavy atom. The Bertz CT molecular complexity index is 1290. The van der Waals surface area contributed by atoms with Crippen LogP contribution in [-0.4, -0.2) is 59.5 Å². The zero-order chi connectivity index (χ0) is 23.0. The number of nitrogens with zero attached hydrogens (tertiary/aromatic N) is 4. The summed E-state index contributed by atoms with van der Waals surface area (Å²) in [5.41, 5.74) is 0.930. The van der Waals surface area contributed by atoms with Crippen LogP contribution >= 0.6 is 0 Å². The highest BCUT2D eigenvalue weighted by molar-refractivity contribution is 7.89. The number of hydrogen-bond acceptors (Lipinski definition) is 4. The van der Waals surface area contributed by atoms with Crippen LogP contribution in [0.1, 0.15) is 16.1 Å². The van der Waals surface area contributed by atoms with E-state index in [1.165, 1.54) is 21.8 Å². The number of hydrogen-bond donors (Lipinski definition) is 0. The number of piperazine rings is 1. The largest absolute Gasteiger partial charge is 0.336 e. The third-order valence-corrected chi connectivity index (χ3v) is 7.29. The summed E-state index contributed by atoms with van der Waals surface area (Å²) in [6.07, 6.45) is 1.35. The molecule has 1 aliphatic rings. The van der Waals surface area contributed by atoms with E-state index in [0.717, 1.165) is 16.4 Å². The predicted octanol–water partition coefficient (Wildman–Crippen LogP) is 2.74. The summed E-state index contributed by atoms with van der Waals surface area (Å²) in [5, 5.41) is 4.12. The number of amides is 1. The van der Waals surface area contributed by atoms with Crippen LogP contribution in [0.4, 0.5) is 13.2 Å². The molecule has 32 heavy (non-hydrogen) atoms. The van der Waals surface area contributed by atoms with E-state index in [2.05, 4.69) is 5.10 Å². The first-order valence-electron chi connectivity index (χ1n) is 9.74. The summed E-state index contributed by atoms with van der Waals surface area (Å²) in [7, 11) is -4.17. The lowest BCUT2D eigenvalue weighted by molar-refractivity contribution is 0.0697. The van der Waals surface area contributed by atoms with Crippen LogP contribution in [0.25, 0.3) is 5.69 Å². The Morgan fingerprint density at radius 1 is 0.969 bits per heavy atom. The van der Waals surface area contributed by atoms with Crippen molar-refractivity contribution in [2.45, 2.75) is 11.8 Å². The number of carbonyl (C=O) groups excluding carboxylic acids is 1. The lowest BCUT2D eigenvalue weighted by atomic mass is 10.2. The highest BCUT2D eigenvalue weighted by Gasteiger charge is 2.33. The monoisotopic (exact) mass is 464 g/mol. The van der Waals surface area contributed by atoms with Gasteiger partial charge in [0.25, 0.3) is 5.91 Å². The number of halogens is 3. The Hall–Kier alpha value is -3.18. The second kappa shape index (κ2) is 8.40. The van der Waals surface area contributed by atoms with E-state index in [4.69, 9.17) is 0 Å². The first kappa shape index (κ1) is 22.0. The zero-order valence-corrected chi connectivity index (χ0v) is 17.8. The van der Waals surface area contributed by atoms with Crippen molar-refractivity contribution >= 4 is 15.9 Å². The van der Waals surface area contributed by atoms with Gasteiger partial charge in [-0.15, -0.1) is 0 Å². The molecule has 1 saturated heterocycles. The summed E-state index contributed by atoms with van der Waals surface area (Å²) in [6.45, 7) is 1.69. The normalized spacial score (nSPS) is 15.2. The van der Waals surface area contributed by atoms with Gasteiger partial charge >= 0.3 is 0 Å². The molecule has 7 nitrogen and oxygen atoms in total. The van der Waals surface area contributed by atoms with Crippen molar-refractivity contribution in [1.82, 2.24) is 19.0 Å². The Morgan fingerprint density at radius 2 is 1.66 bits per heavy atom. The van der Waals surface area contributed by atoms with Crippen LogP contribution in [0.5, 0.6) is 0 Å². The first-order chi connectivity index (χ1) is 15.2. The summed E-state index contributed by atoms with van der Waals surface area (Å²) >= 11 is 0. The fourth-order valence-corrected chi connectivity index (χ4v) is 5.08. The minimum absolute atomic E-state index is 0.0502. The van der Waals surface area contributed by atoms with Gasteiger partial charge in [0.05, 0.1) is 17.5 Å². The van der Waals surface area contributed by atoms with Crippen molar-refractivity contribution in [1.29, 1.82) is 0 Å². The van der Waals surface area contributed by atoms with Gasteiger partial charge in [-0.05, 0) is 31.2 Å². The molecule has 0 radical (unpaired) electrons. The maximum absolute atomic E-state index is 14.1. The quantitative estimate of drug-likeness (QED) is 0.595. The van der Waals surface area contributed by atoms with E-state index in [9.17, 15) is 26.4 Å². The third kappa shape index (κ3) is 3.89. The molecule has 0 N–H and O–H groups in total. The van der Waals surface area contributed by atoms with Crippen molar-refractivity contribution in [3.8, 4) is 5.69 Å². The molecule has 4 rings (SSSR count). The summed E-state index contributed by atoms with van der Waals surface area (Å²) in [5.74, 6) is -2.89. The lowest BCUT2D eigenvalue weighted by Crippen LogP contribution is -2.50. The summed E-state index contributed by atoms with van der Waals surface area (Å²) < 4.78 is 69.1. The summed E-state index contributed by atoms with van der Waals surface area (Å²) in [4.78, 5) is 13.8. The molecular formula is C21H19F3N4O3S. The lowest BCUT2D eigenvalue weighted by Gasteiger charge is -2.34. The molecule has 168 valence electrons. The average molecular weight is 464 g/mol. The molecule has 3 aromatic rings. The maximum Gasteiger partial charge on any atom is 0.257 e. The minimum atomic E-state index is -4.17. The third-order valence-electron chi connectivity index (χ3n) is 5.36. The molecule has 1 fully saturated rings. The van der Waals surface area contributed by atoms with E-state index in [1.807, 2.05) is 0 Å². The minimum Gasteiger partial charge on any atom is -0.336 e. The van der Waals surface area contributed by atoms with Crippen molar-refractivity contribution in [2.24, 2.45) is 0 Å². The summed E-state index contributed by atoms with van der Waals surface area (Å²) in [6, 6.07) is 8.33. The van der Waals surface area contributed by atoms with Gasteiger partial charge in [-0.3, -0.25) is 4.79 Å². The van der Waals surface area contributed by atoms with Gasteiger partial charge in [-0.1, -0.05) is 12.1 Å². The topological polar surface area (TPSA) is 75.5 Å². The standard InChI is InChI=1S/C21H19F3N4O3S/c1-14-16(13-25-28(14)19-5-3-2-4-17(19)23)21(29)26-8-10-27(11-9-26)32(30,31)20-7-6-15(22)12-18(20)24/h2-7,12-13H,8-11H2,1H3. The van der Waals surface area contributed by atoms with E-state index >= 15 is 0 Å². The van der Waals surface area contributed by atoms with Crippen LogP contribution in [0.3, 0.4) is 0 Å². The van der Waals surface area contributed by atoms with E-state index < -0.39 is 32.4 Å². The molecule has 0 unspecified atom stereocenters. The second-order valence-corrected chi connectivity index (χ2v) is 9.18. The number of benzene rings is 2. The van der Waals surface area contributed by atoms with Crippen LogP contribution in [0.15, 0.2) is 53.6 Å². The van der Waals surface area contributed by atoms with Crippen LogP contribution < -0.4 is 0 Å². The molecule has 0 bridgehead atoms. The molecule has 0 saturated carbocycles. The van der Waals surface area contributed by atoms with Gasteiger partial charge in [-0.2, -0.15) is 9.40 Å². The first-order valence-corrected chi connectivity index (χ1v) is 11.2. The van der Waals surface area contributed by atoms with Crippen LogP contribution in [-0.2, 0) is 10.0 Å². The van der Waals surface area contributed by atoms with Gasteiger partial charge in [0.2, 0.25) is 10.0 Å². The van der Waals surface area contributed by atoms with E-state index in [1.54, 1.807) is 25.1 Å². The zero-order valence-electron chi connectivity index (χ0n) is 17.0. The highest BCUT2D eigenvalue weighted by atomic mass is 32.2. The number of para-hydroxylation sites is 1. The molecule has 0 aliphatic carbocycles. The molecule has 2 heterocycles. The molecule has 2 aromatic carbocycles. The van der Waals surface area contributed by atoms with Crippen LogP contribution in [0, 0.1) is 24.4 Å². The van der Waals surface area contributed by atoms with Gasteiger partial charge < -0.3 is 4.90 Å². The van der Waals surface area contributed by atoms with Gasteiger partial charge in [0.15, 0.2) is 0 Å². The van der Waals surface area contributed by atoms with Crippen molar-refractivity contribution in [2.75, 3.05) is 26.2 Å². The molecule has 11 heteroatoms. The van der Waals surface area contributed by atoms with E-state index in [-0.39, 0.29) is 43.3 Å². The molecule has 1 aliphatic heterocycles. The number of aromatic nitrogens is 2. The SMILES string of the molecule is Cc1c(C(=O)N2CCN(S(=O)(=O)c3ccc(F)cc3F)CC2)cnn1-c1ccccc1F. The molecule has 0 spiro atoms. The number of carbonyl (C=O) groups is 1. The fourth-order valence-electron chi connectivity index (χ4n) is 3.61. The molecule has 1 amide bonds. The predicted molar refractivity (Wildman–Crippen MR) is 109 cm³/mol. The molecule has 0 atom stereocenters. The van der Waals surface area contributed by atoms with Gasteiger partial charge in [0, 0.05) is 32.2 Å². The van der Waals surface area contributed by atoms with Gasteiger partial charge in [0.1, 0.15) is 28.0 Å². The smallest absolute Gasteiger partial charge is 0.257 e. The Balaban J connectivity index is 1.49. The average Bonchev–Trinajstić information content (AvgIpc) is 3.14. The van der Waals surface area contributed by atoms with Gasteiger partial charge in [-0.25, -0.2) is 26.3 Å². The molecule has 1 aromatic heterocycles. The van der Waals surface area contributed by atoms with Crippen molar-refractivity contribution in [3.05, 3.63) is 77.4 Å². The second-order valence-electron chi connectivity index (χ2n) is 7.28. The maximum atomic E-state index is 14.1. The van der Waals surface area contributed by atoms with E-state index in [0.29, 0.717) is 11.8 Å². The Kier molecular flexibility index (Phi) is 5.78. The highest BCUT2D eigenvalue weighted by Crippen LogP contribution is 2.23. The number of rotatable bonds is 4. The molecular weight excluding hydrogens is 445 g/mol. The van der Waals surface area contributed by atoms with Crippen molar-refractivity contribution in [3.63, 3.8) is 0 Å².